The van der Waals surface area contributed by atoms with Gasteiger partial charge in [0.05, 0.1) is 0 Å². The summed E-state index contributed by atoms with van der Waals surface area (Å²) >= 11 is 6.09. The van der Waals surface area contributed by atoms with Crippen LogP contribution < -0.4 is 10.6 Å². The third kappa shape index (κ3) is 4.43. The number of halogens is 1. The molecule has 1 aromatic carbocycles. The van der Waals surface area contributed by atoms with Crippen LogP contribution in [0.4, 0.5) is 5.82 Å². The van der Waals surface area contributed by atoms with Crippen molar-refractivity contribution < 1.29 is 4.79 Å². The number of nitrogens with one attached hydrogen (secondary N) is 2. The van der Waals surface area contributed by atoms with Gasteiger partial charge in [-0.3, -0.25) is 4.79 Å². The summed E-state index contributed by atoms with van der Waals surface area (Å²) in [5, 5.41) is 6.61. The fourth-order valence-corrected chi connectivity index (χ4v) is 1.94. The van der Waals surface area contributed by atoms with Crippen LogP contribution in [-0.2, 0) is 6.54 Å². The van der Waals surface area contributed by atoms with E-state index in [1.165, 1.54) is 6.33 Å². The standard InChI is InChI=1S/C15H17ClN4O/c1-2-7-17-15(21)13-8-14(20-10-19-13)18-9-11-5-3-4-6-12(11)16/h3-6,8,10H,2,7,9H2,1H3,(H,17,21)(H,18,19,20). The van der Waals surface area contributed by atoms with E-state index in [9.17, 15) is 4.79 Å². The molecule has 0 spiro atoms. The Hall–Kier alpha value is -2.14. The summed E-state index contributed by atoms with van der Waals surface area (Å²) in [7, 11) is 0. The molecule has 2 N–H and O–H groups in total. The molecule has 1 aromatic heterocycles. The van der Waals surface area contributed by atoms with Crippen molar-refractivity contribution in [2.75, 3.05) is 11.9 Å². The molecule has 0 saturated carbocycles. The van der Waals surface area contributed by atoms with Crippen molar-refractivity contribution in [2.24, 2.45) is 0 Å². The number of carbonyl (C=O) groups excluding carboxylic acids is 1. The molecule has 21 heavy (non-hydrogen) atoms. The van der Waals surface area contributed by atoms with Crippen molar-refractivity contribution in [1.82, 2.24) is 15.3 Å². The molecule has 0 aliphatic heterocycles. The van der Waals surface area contributed by atoms with Crippen molar-refractivity contribution in [3.8, 4) is 0 Å². The predicted octanol–water partition coefficient (Wildman–Crippen LogP) is 2.88. The largest absolute Gasteiger partial charge is 0.366 e. The number of rotatable bonds is 6. The van der Waals surface area contributed by atoms with Crippen LogP contribution in [0.1, 0.15) is 29.4 Å². The lowest BCUT2D eigenvalue weighted by molar-refractivity contribution is 0.0948. The SMILES string of the molecule is CCCNC(=O)c1cc(NCc2ccccc2Cl)ncn1. The van der Waals surface area contributed by atoms with Crippen molar-refractivity contribution in [2.45, 2.75) is 19.9 Å². The van der Waals surface area contributed by atoms with E-state index in [0.29, 0.717) is 29.6 Å². The molecule has 0 aliphatic rings. The lowest BCUT2D eigenvalue weighted by atomic mass is 10.2. The Labute approximate surface area is 128 Å². The number of nitrogens with zero attached hydrogens (tertiary/aromatic N) is 2. The summed E-state index contributed by atoms with van der Waals surface area (Å²) < 4.78 is 0. The molecule has 0 atom stereocenters. The van der Waals surface area contributed by atoms with Gasteiger partial charge in [0.25, 0.3) is 5.91 Å². The van der Waals surface area contributed by atoms with Crippen LogP contribution in [0.2, 0.25) is 5.02 Å². The Bertz CT molecular complexity index is 618. The van der Waals surface area contributed by atoms with Gasteiger partial charge in [-0.1, -0.05) is 36.7 Å². The van der Waals surface area contributed by atoms with Crippen LogP contribution in [0.25, 0.3) is 0 Å². The molecule has 0 radical (unpaired) electrons. The molecule has 1 heterocycles. The zero-order valence-electron chi connectivity index (χ0n) is 11.8. The highest BCUT2D eigenvalue weighted by molar-refractivity contribution is 6.31. The van der Waals surface area contributed by atoms with Gasteiger partial charge >= 0.3 is 0 Å². The summed E-state index contributed by atoms with van der Waals surface area (Å²) in [5.41, 5.74) is 1.31. The normalized spacial score (nSPS) is 10.2. The van der Waals surface area contributed by atoms with Crippen LogP contribution in [-0.4, -0.2) is 22.4 Å². The molecule has 0 aliphatic carbocycles. The third-order valence-corrected chi connectivity index (χ3v) is 3.22. The maximum absolute atomic E-state index is 11.8. The molecule has 0 saturated heterocycles. The number of aromatic nitrogens is 2. The number of hydrogen-bond donors (Lipinski definition) is 2. The van der Waals surface area contributed by atoms with E-state index in [2.05, 4.69) is 20.6 Å². The van der Waals surface area contributed by atoms with Crippen LogP contribution in [0.3, 0.4) is 0 Å². The van der Waals surface area contributed by atoms with Crippen LogP contribution in [0.15, 0.2) is 36.7 Å². The van der Waals surface area contributed by atoms with Gasteiger partial charge in [-0.25, -0.2) is 9.97 Å². The second kappa shape index (κ2) is 7.59. The summed E-state index contributed by atoms with van der Waals surface area (Å²) in [6.07, 6.45) is 2.25. The molecule has 6 heteroatoms. The summed E-state index contributed by atoms with van der Waals surface area (Å²) in [4.78, 5) is 19.9. The van der Waals surface area contributed by atoms with E-state index in [-0.39, 0.29) is 5.91 Å². The highest BCUT2D eigenvalue weighted by Gasteiger charge is 2.08. The molecule has 110 valence electrons. The minimum atomic E-state index is -0.194. The molecule has 2 rings (SSSR count). The third-order valence-electron chi connectivity index (χ3n) is 2.85. The maximum atomic E-state index is 11.8. The van der Waals surface area contributed by atoms with Crippen molar-refractivity contribution >= 4 is 23.3 Å². The number of amides is 1. The van der Waals surface area contributed by atoms with Crippen molar-refractivity contribution in [3.63, 3.8) is 0 Å². The van der Waals surface area contributed by atoms with Gasteiger partial charge in [-0.05, 0) is 18.1 Å². The Morgan fingerprint density at radius 3 is 2.86 bits per heavy atom. The molecule has 1 amide bonds. The fraction of sp³-hybridized carbons (Fsp3) is 0.267. The molecule has 2 aromatic rings. The Morgan fingerprint density at radius 2 is 2.10 bits per heavy atom. The van der Waals surface area contributed by atoms with E-state index < -0.39 is 0 Å². The van der Waals surface area contributed by atoms with Crippen LogP contribution in [0.5, 0.6) is 0 Å². The quantitative estimate of drug-likeness (QED) is 0.861. The Balaban J connectivity index is 2.01. The van der Waals surface area contributed by atoms with Crippen molar-refractivity contribution in [1.29, 1.82) is 0 Å². The molecule has 0 fully saturated rings. The average molecular weight is 305 g/mol. The first-order valence-corrected chi connectivity index (χ1v) is 7.16. The highest BCUT2D eigenvalue weighted by atomic mass is 35.5. The first-order valence-electron chi connectivity index (χ1n) is 6.78. The summed E-state index contributed by atoms with van der Waals surface area (Å²) in [6.45, 7) is 3.16. The molecule has 0 bridgehead atoms. The fourth-order valence-electron chi connectivity index (χ4n) is 1.73. The zero-order chi connectivity index (χ0) is 15.1. The predicted molar refractivity (Wildman–Crippen MR) is 83.4 cm³/mol. The average Bonchev–Trinajstić information content (AvgIpc) is 2.52. The smallest absolute Gasteiger partial charge is 0.270 e. The summed E-state index contributed by atoms with van der Waals surface area (Å²) in [6, 6.07) is 9.20. The first kappa shape index (κ1) is 15.3. The van der Waals surface area contributed by atoms with Gasteiger partial charge < -0.3 is 10.6 Å². The van der Waals surface area contributed by atoms with E-state index >= 15 is 0 Å². The molecule has 5 nitrogen and oxygen atoms in total. The minimum Gasteiger partial charge on any atom is -0.366 e. The van der Waals surface area contributed by atoms with E-state index in [4.69, 9.17) is 11.6 Å². The van der Waals surface area contributed by atoms with Gasteiger partial charge in [0.2, 0.25) is 0 Å². The van der Waals surface area contributed by atoms with Gasteiger partial charge in [0, 0.05) is 24.2 Å². The van der Waals surface area contributed by atoms with Crippen LogP contribution in [0, 0.1) is 0 Å². The van der Waals surface area contributed by atoms with Crippen molar-refractivity contribution in [3.05, 3.63) is 52.9 Å². The monoisotopic (exact) mass is 304 g/mol. The second-order valence-electron chi connectivity index (χ2n) is 4.49. The zero-order valence-corrected chi connectivity index (χ0v) is 12.5. The minimum absolute atomic E-state index is 0.194. The lowest BCUT2D eigenvalue weighted by Crippen LogP contribution is -2.25. The molecule has 0 unspecified atom stereocenters. The van der Waals surface area contributed by atoms with Gasteiger partial charge in [0.15, 0.2) is 0 Å². The topological polar surface area (TPSA) is 66.9 Å². The number of hydrogen-bond acceptors (Lipinski definition) is 4. The van der Waals surface area contributed by atoms with Crippen LogP contribution >= 0.6 is 11.6 Å². The second-order valence-corrected chi connectivity index (χ2v) is 4.90. The highest BCUT2D eigenvalue weighted by Crippen LogP contribution is 2.16. The van der Waals surface area contributed by atoms with Gasteiger partial charge in [-0.2, -0.15) is 0 Å². The number of carbonyl (C=O) groups is 1. The van der Waals surface area contributed by atoms with E-state index in [1.807, 2.05) is 31.2 Å². The molecular formula is C15H17ClN4O. The van der Waals surface area contributed by atoms with Gasteiger partial charge in [0.1, 0.15) is 17.8 Å². The Morgan fingerprint density at radius 1 is 1.29 bits per heavy atom. The first-order chi connectivity index (χ1) is 10.2. The lowest BCUT2D eigenvalue weighted by Gasteiger charge is -2.08. The number of benzene rings is 1. The van der Waals surface area contributed by atoms with E-state index in [1.54, 1.807) is 6.07 Å². The van der Waals surface area contributed by atoms with E-state index in [0.717, 1.165) is 12.0 Å². The van der Waals surface area contributed by atoms with Gasteiger partial charge in [-0.15, -0.1) is 0 Å². The Kier molecular flexibility index (Phi) is 5.51. The summed E-state index contributed by atoms with van der Waals surface area (Å²) in [5.74, 6) is 0.395. The molecular weight excluding hydrogens is 288 g/mol. The number of anilines is 1. The maximum Gasteiger partial charge on any atom is 0.270 e.